The Morgan fingerprint density at radius 2 is 2.29 bits per heavy atom. The van der Waals surface area contributed by atoms with E-state index in [0.29, 0.717) is 12.2 Å². The zero-order valence-corrected chi connectivity index (χ0v) is 10.1. The van der Waals surface area contributed by atoms with E-state index in [1.54, 1.807) is 7.11 Å². The zero-order valence-electron chi connectivity index (χ0n) is 10.1. The fourth-order valence-electron chi connectivity index (χ4n) is 2.61. The molecule has 0 radical (unpaired) electrons. The van der Waals surface area contributed by atoms with E-state index in [1.807, 2.05) is 24.3 Å². The van der Waals surface area contributed by atoms with Crippen LogP contribution in [0.5, 0.6) is 5.75 Å². The van der Waals surface area contributed by atoms with Crippen LogP contribution in [0, 0.1) is 5.92 Å². The second-order valence-corrected chi connectivity index (χ2v) is 4.64. The molecule has 3 nitrogen and oxygen atoms in total. The Kier molecular flexibility index (Phi) is 3.48. The van der Waals surface area contributed by atoms with Crippen LogP contribution in [0.2, 0.25) is 0 Å². The maximum atomic E-state index is 11.1. The van der Waals surface area contributed by atoms with Gasteiger partial charge in [-0.3, -0.25) is 0 Å². The summed E-state index contributed by atoms with van der Waals surface area (Å²) in [6.45, 7) is 0. The van der Waals surface area contributed by atoms with Crippen LogP contribution in [-0.4, -0.2) is 18.5 Å². The smallest absolute Gasteiger partial charge is 0.126 e. The summed E-state index contributed by atoms with van der Waals surface area (Å²) in [6.07, 6.45) is 4.26. The Morgan fingerprint density at radius 3 is 3.00 bits per heavy atom. The number of hydrogen-bond acceptors (Lipinski definition) is 3. The van der Waals surface area contributed by atoms with Gasteiger partial charge in [0.05, 0.1) is 12.7 Å². The van der Waals surface area contributed by atoms with Crippen molar-refractivity contribution in [1.29, 1.82) is 0 Å². The summed E-state index contributed by atoms with van der Waals surface area (Å²) in [5, 5.41) is 10.7. The van der Waals surface area contributed by atoms with Crippen LogP contribution in [0.1, 0.15) is 31.2 Å². The van der Waals surface area contributed by atoms with Crippen molar-refractivity contribution in [2.45, 2.75) is 31.3 Å². The number of benzene rings is 1. The first-order valence-electron chi connectivity index (χ1n) is 6.03. The lowest BCUT2D eigenvalue weighted by atomic mass is 9.72. The highest BCUT2D eigenvalue weighted by molar-refractivity contribution is 5.57. The summed E-state index contributed by atoms with van der Waals surface area (Å²) in [7, 11) is 1.60. The Morgan fingerprint density at radius 1 is 1.47 bits per heavy atom. The Balaban J connectivity index is 2.37. The molecule has 2 rings (SSSR count). The molecule has 2 atom stereocenters. The first-order valence-corrected chi connectivity index (χ1v) is 6.03. The van der Waals surface area contributed by atoms with E-state index < -0.39 is 5.60 Å². The predicted molar refractivity (Wildman–Crippen MR) is 64.9 cm³/mol. The highest BCUT2D eigenvalue weighted by Crippen LogP contribution is 2.41. The van der Waals surface area contributed by atoms with Crippen LogP contribution in [0.3, 0.4) is 0 Å². The van der Waals surface area contributed by atoms with Crippen LogP contribution in [-0.2, 0) is 10.4 Å². The molecule has 0 aromatic heterocycles. The van der Waals surface area contributed by atoms with Gasteiger partial charge < -0.3 is 14.6 Å². The van der Waals surface area contributed by atoms with Crippen molar-refractivity contribution in [1.82, 2.24) is 0 Å². The number of aldehydes is 1. The van der Waals surface area contributed by atoms with Crippen molar-refractivity contribution in [3.63, 3.8) is 0 Å². The van der Waals surface area contributed by atoms with Crippen LogP contribution < -0.4 is 4.74 Å². The first kappa shape index (κ1) is 12.1. The highest BCUT2D eigenvalue weighted by Gasteiger charge is 2.40. The molecule has 3 heteroatoms. The topological polar surface area (TPSA) is 46.5 Å². The Bertz CT molecular complexity index is 402. The summed E-state index contributed by atoms with van der Waals surface area (Å²) >= 11 is 0. The molecule has 1 aliphatic rings. The molecule has 1 saturated carbocycles. The predicted octanol–water partition coefficient (Wildman–Crippen LogP) is 2.27. The molecule has 0 heterocycles. The summed E-state index contributed by atoms with van der Waals surface area (Å²) in [5.74, 6) is 0.412. The maximum absolute atomic E-state index is 11.1. The normalized spacial score (nSPS) is 28.7. The molecular weight excluding hydrogens is 216 g/mol. The van der Waals surface area contributed by atoms with Gasteiger partial charge in [-0.25, -0.2) is 0 Å². The van der Waals surface area contributed by atoms with Crippen LogP contribution >= 0.6 is 0 Å². The molecule has 1 fully saturated rings. The molecule has 1 aliphatic carbocycles. The number of hydrogen-bond donors (Lipinski definition) is 1. The zero-order chi connectivity index (χ0) is 12.3. The number of methoxy groups -OCH3 is 1. The van der Waals surface area contributed by atoms with E-state index in [9.17, 15) is 9.90 Å². The fraction of sp³-hybridized carbons (Fsp3) is 0.500. The fourth-order valence-corrected chi connectivity index (χ4v) is 2.61. The molecule has 1 aromatic rings. The third kappa shape index (κ3) is 2.20. The minimum Gasteiger partial charge on any atom is -0.497 e. The molecule has 1 N–H and O–H groups in total. The Hall–Kier alpha value is -1.35. The average molecular weight is 234 g/mol. The molecule has 0 bridgehead atoms. The number of carbonyl (C=O) groups excluding carboxylic acids is 1. The minimum absolute atomic E-state index is 0.302. The van der Waals surface area contributed by atoms with E-state index >= 15 is 0 Å². The van der Waals surface area contributed by atoms with E-state index in [2.05, 4.69) is 0 Å². The summed E-state index contributed by atoms with van der Waals surface area (Å²) in [5.41, 5.74) is -0.234. The summed E-state index contributed by atoms with van der Waals surface area (Å²) in [6, 6.07) is 7.38. The van der Waals surface area contributed by atoms with Crippen molar-refractivity contribution in [3.05, 3.63) is 29.8 Å². The van der Waals surface area contributed by atoms with Gasteiger partial charge in [-0.05, 0) is 30.5 Å². The monoisotopic (exact) mass is 234 g/mol. The molecule has 2 unspecified atom stereocenters. The molecule has 0 saturated heterocycles. The Labute approximate surface area is 101 Å². The van der Waals surface area contributed by atoms with Gasteiger partial charge in [0.1, 0.15) is 12.0 Å². The molecular formula is C14H18O3. The second kappa shape index (κ2) is 4.88. The number of ether oxygens (including phenoxy) is 1. The molecule has 0 spiro atoms. The lowest BCUT2D eigenvalue weighted by Crippen LogP contribution is -2.38. The molecule has 0 amide bonds. The molecule has 92 valence electrons. The van der Waals surface area contributed by atoms with E-state index in [-0.39, 0.29) is 5.92 Å². The molecule has 0 aliphatic heterocycles. The van der Waals surface area contributed by atoms with E-state index in [1.165, 1.54) is 0 Å². The number of aliphatic hydroxyl groups is 1. The SMILES string of the molecule is COc1cccc(C2(O)CCCCC2C=O)c1. The second-order valence-electron chi connectivity index (χ2n) is 4.64. The maximum Gasteiger partial charge on any atom is 0.126 e. The quantitative estimate of drug-likeness (QED) is 0.816. The molecule has 17 heavy (non-hydrogen) atoms. The van der Waals surface area contributed by atoms with Crippen molar-refractivity contribution in [2.75, 3.05) is 7.11 Å². The lowest BCUT2D eigenvalue weighted by molar-refractivity contribution is -0.125. The van der Waals surface area contributed by atoms with Gasteiger partial charge in [-0.1, -0.05) is 25.0 Å². The van der Waals surface area contributed by atoms with Crippen molar-refractivity contribution in [2.24, 2.45) is 5.92 Å². The average Bonchev–Trinajstić information content (AvgIpc) is 2.39. The van der Waals surface area contributed by atoms with Gasteiger partial charge in [0, 0.05) is 5.92 Å². The van der Waals surface area contributed by atoms with Crippen molar-refractivity contribution >= 4 is 6.29 Å². The molecule has 1 aromatic carbocycles. The van der Waals surface area contributed by atoms with Gasteiger partial charge in [-0.2, -0.15) is 0 Å². The van der Waals surface area contributed by atoms with Gasteiger partial charge in [0.25, 0.3) is 0 Å². The number of rotatable bonds is 3. The van der Waals surface area contributed by atoms with Crippen LogP contribution in [0.15, 0.2) is 24.3 Å². The largest absolute Gasteiger partial charge is 0.497 e. The summed E-state index contributed by atoms with van der Waals surface area (Å²) in [4.78, 5) is 11.1. The summed E-state index contributed by atoms with van der Waals surface area (Å²) < 4.78 is 5.16. The van der Waals surface area contributed by atoms with Gasteiger partial charge in [0.2, 0.25) is 0 Å². The standard InChI is InChI=1S/C14H18O3/c1-17-13-7-4-6-11(9-13)14(16)8-3-2-5-12(14)10-15/h4,6-7,9-10,12,16H,2-3,5,8H2,1H3. The van der Waals surface area contributed by atoms with E-state index in [4.69, 9.17) is 4.74 Å². The van der Waals surface area contributed by atoms with Gasteiger partial charge in [0.15, 0.2) is 0 Å². The van der Waals surface area contributed by atoms with Crippen molar-refractivity contribution < 1.29 is 14.6 Å². The number of carbonyl (C=O) groups is 1. The minimum atomic E-state index is -1.02. The third-order valence-electron chi connectivity index (χ3n) is 3.67. The van der Waals surface area contributed by atoms with Gasteiger partial charge >= 0.3 is 0 Å². The lowest BCUT2D eigenvalue weighted by Gasteiger charge is -2.37. The highest BCUT2D eigenvalue weighted by atomic mass is 16.5. The van der Waals surface area contributed by atoms with Crippen LogP contribution in [0.4, 0.5) is 0 Å². The van der Waals surface area contributed by atoms with Crippen LogP contribution in [0.25, 0.3) is 0 Å². The first-order chi connectivity index (χ1) is 8.20. The third-order valence-corrected chi connectivity index (χ3v) is 3.67. The van der Waals surface area contributed by atoms with Crippen molar-refractivity contribution in [3.8, 4) is 5.75 Å². The van der Waals surface area contributed by atoms with E-state index in [0.717, 1.165) is 31.1 Å². The van der Waals surface area contributed by atoms with Gasteiger partial charge in [-0.15, -0.1) is 0 Å².